The highest BCUT2D eigenvalue weighted by atomic mass is 16.6. The molecule has 0 radical (unpaired) electrons. The molecule has 4 aliphatic rings. The molecule has 0 unspecified atom stereocenters. The molecule has 1 amide bonds. The number of likely N-dealkylation sites (tertiary alicyclic amines) is 1. The molecular weight excluding hydrogens is 218 g/mol. The van der Waals surface area contributed by atoms with E-state index in [1.54, 1.807) is 0 Å². The van der Waals surface area contributed by atoms with E-state index >= 15 is 0 Å². The first-order valence-corrected chi connectivity index (χ1v) is 6.66. The first kappa shape index (κ1) is 10.3. The standard InChI is InChI=1S/C13H19NO3/c1-5(2)14-12(16)8-6-4-7-9(8)13(14,3)17-11(7)10(6)15/h5-11,15H,4H2,1-3H3/t6-,7-,8-,9-,10+,11+,13-/m1/s1. The molecule has 17 heavy (non-hydrogen) atoms. The van der Waals surface area contributed by atoms with Gasteiger partial charge >= 0.3 is 0 Å². The van der Waals surface area contributed by atoms with E-state index in [1.807, 2.05) is 25.7 Å². The minimum Gasteiger partial charge on any atom is -0.390 e. The molecule has 94 valence electrons. The molecule has 7 atom stereocenters. The lowest BCUT2D eigenvalue weighted by molar-refractivity contribution is -0.177. The van der Waals surface area contributed by atoms with E-state index in [2.05, 4.69) is 0 Å². The molecule has 2 aliphatic heterocycles. The molecule has 0 aromatic heterocycles. The number of hydrogen-bond donors (Lipinski definition) is 1. The lowest BCUT2D eigenvalue weighted by Crippen LogP contribution is -2.52. The van der Waals surface area contributed by atoms with Gasteiger partial charge in [-0.25, -0.2) is 0 Å². The van der Waals surface area contributed by atoms with Crippen molar-refractivity contribution in [1.29, 1.82) is 0 Å². The van der Waals surface area contributed by atoms with Crippen LogP contribution < -0.4 is 0 Å². The van der Waals surface area contributed by atoms with E-state index in [0.717, 1.165) is 6.42 Å². The van der Waals surface area contributed by atoms with Gasteiger partial charge in [0.1, 0.15) is 5.72 Å². The minimum atomic E-state index is -0.461. The molecule has 2 aliphatic carbocycles. The molecule has 2 saturated heterocycles. The maximum absolute atomic E-state index is 12.5. The van der Waals surface area contributed by atoms with Crippen molar-refractivity contribution in [3.8, 4) is 0 Å². The Hall–Kier alpha value is -0.610. The Kier molecular flexibility index (Phi) is 1.64. The number of amides is 1. The lowest BCUT2D eigenvalue weighted by atomic mass is 9.77. The van der Waals surface area contributed by atoms with Gasteiger partial charge in [-0.3, -0.25) is 4.79 Å². The van der Waals surface area contributed by atoms with Gasteiger partial charge in [0.25, 0.3) is 0 Å². The zero-order valence-corrected chi connectivity index (χ0v) is 10.5. The summed E-state index contributed by atoms with van der Waals surface area (Å²) >= 11 is 0. The fraction of sp³-hybridized carbons (Fsp3) is 0.923. The lowest BCUT2D eigenvalue weighted by Gasteiger charge is -2.38. The van der Waals surface area contributed by atoms with Crippen LogP contribution in [0.15, 0.2) is 0 Å². The Balaban J connectivity index is 1.86. The Morgan fingerprint density at radius 1 is 1.47 bits per heavy atom. The quantitative estimate of drug-likeness (QED) is 0.726. The van der Waals surface area contributed by atoms with Gasteiger partial charge in [0, 0.05) is 12.0 Å². The van der Waals surface area contributed by atoms with E-state index in [-0.39, 0.29) is 29.9 Å². The number of hydrogen-bond acceptors (Lipinski definition) is 3. The Morgan fingerprint density at radius 2 is 2.18 bits per heavy atom. The summed E-state index contributed by atoms with van der Waals surface area (Å²) in [6.45, 7) is 6.13. The van der Waals surface area contributed by atoms with Gasteiger partial charge in [-0.1, -0.05) is 0 Å². The predicted octanol–water partition coefficient (Wildman–Crippen LogP) is 0.595. The number of carbonyl (C=O) groups excluding carboxylic acids is 1. The van der Waals surface area contributed by atoms with Crippen LogP contribution in [-0.4, -0.2) is 39.9 Å². The number of nitrogens with zero attached hydrogens (tertiary/aromatic N) is 1. The summed E-state index contributed by atoms with van der Waals surface area (Å²) in [6, 6.07) is 0.174. The zero-order valence-electron chi connectivity index (χ0n) is 10.5. The van der Waals surface area contributed by atoms with Crippen molar-refractivity contribution in [3.63, 3.8) is 0 Å². The SMILES string of the molecule is CC(C)N1C(=O)[C@@H]2[C@H]3C[C@H]4[C@H](O[C@]1(C)[C@H]42)[C@H]3O. The van der Waals surface area contributed by atoms with Crippen LogP contribution in [0.1, 0.15) is 27.2 Å². The molecule has 0 aromatic rings. The fourth-order valence-corrected chi connectivity index (χ4v) is 5.27. The minimum absolute atomic E-state index is 0.0150. The molecule has 4 rings (SSSR count). The van der Waals surface area contributed by atoms with E-state index in [1.165, 1.54) is 0 Å². The van der Waals surface area contributed by atoms with Gasteiger partial charge in [0.2, 0.25) is 5.91 Å². The first-order valence-electron chi connectivity index (χ1n) is 6.66. The van der Waals surface area contributed by atoms with Crippen LogP contribution in [0.4, 0.5) is 0 Å². The molecule has 2 bridgehead atoms. The van der Waals surface area contributed by atoms with Crippen LogP contribution >= 0.6 is 0 Å². The zero-order chi connectivity index (χ0) is 12.1. The average Bonchev–Trinajstić information content (AvgIpc) is 2.84. The molecule has 0 aromatic carbocycles. The van der Waals surface area contributed by atoms with Gasteiger partial charge in [0.15, 0.2) is 0 Å². The Labute approximate surface area is 101 Å². The summed E-state index contributed by atoms with van der Waals surface area (Å²) in [7, 11) is 0. The Bertz CT molecular complexity index is 409. The number of rotatable bonds is 1. The second-order valence-electron chi connectivity index (χ2n) is 6.54. The van der Waals surface area contributed by atoms with Crippen LogP contribution in [0.25, 0.3) is 0 Å². The van der Waals surface area contributed by atoms with Crippen LogP contribution in [0.3, 0.4) is 0 Å². The number of aliphatic hydroxyl groups excluding tert-OH is 1. The predicted molar refractivity (Wildman–Crippen MR) is 59.8 cm³/mol. The molecule has 1 N–H and O–H groups in total. The number of fused-ring (bicyclic) bond motifs is 2. The van der Waals surface area contributed by atoms with Crippen LogP contribution in [0, 0.1) is 23.7 Å². The van der Waals surface area contributed by atoms with Crippen molar-refractivity contribution in [2.45, 2.75) is 51.2 Å². The topological polar surface area (TPSA) is 49.8 Å². The van der Waals surface area contributed by atoms with E-state index < -0.39 is 11.8 Å². The summed E-state index contributed by atoms with van der Waals surface area (Å²) in [5, 5.41) is 10.2. The van der Waals surface area contributed by atoms with Crippen molar-refractivity contribution < 1.29 is 14.6 Å². The third-order valence-electron chi connectivity index (χ3n) is 5.56. The molecule has 4 heteroatoms. The van der Waals surface area contributed by atoms with Crippen molar-refractivity contribution in [1.82, 2.24) is 4.90 Å². The molecule has 4 nitrogen and oxygen atoms in total. The van der Waals surface area contributed by atoms with Gasteiger partial charge < -0.3 is 14.7 Å². The maximum Gasteiger partial charge on any atom is 0.229 e. The van der Waals surface area contributed by atoms with Crippen molar-refractivity contribution in [2.75, 3.05) is 0 Å². The summed E-state index contributed by atoms with van der Waals surface area (Å²) in [5.74, 6) is 1.08. The van der Waals surface area contributed by atoms with Crippen molar-refractivity contribution >= 4 is 5.91 Å². The average molecular weight is 237 g/mol. The van der Waals surface area contributed by atoms with Crippen molar-refractivity contribution in [2.24, 2.45) is 23.7 Å². The largest absolute Gasteiger partial charge is 0.390 e. The van der Waals surface area contributed by atoms with Gasteiger partial charge in [-0.2, -0.15) is 0 Å². The van der Waals surface area contributed by atoms with Crippen molar-refractivity contribution in [3.05, 3.63) is 0 Å². The molecular formula is C13H19NO3. The highest BCUT2D eigenvalue weighted by Crippen LogP contribution is 2.67. The number of ether oxygens (including phenoxy) is 1. The van der Waals surface area contributed by atoms with Gasteiger partial charge in [0.05, 0.1) is 18.1 Å². The molecule has 0 spiro atoms. The van der Waals surface area contributed by atoms with E-state index in [4.69, 9.17) is 4.74 Å². The summed E-state index contributed by atoms with van der Waals surface area (Å²) < 4.78 is 6.13. The molecule has 2 saturated carbocycles. The van der Waals surface area contributed by atoms with Crippen LogP contribution in [0.5, 0.6) is 0 Å². The smallest absolute Gasteiger partial charge is 0.229 e. The monoisotopic (exact) mass is 237 g/mol. The van der Waals surface area contributed by atoms with Gasteiger partial charge in [-0.15, -0.1) is 0 Å². The third kappa shape index (κ3) is 0.868. The van der Waals surface area contributed by atoms with Crippen LogP contribution in [0.2, 0.25) is 0 Å². The van der Waals surface area contributed by atoms with Gasteiger partial charge in [-0.05, 0) is 39.0 Å². The summed E-state index contributed by atoms with van der Waals surface area (Å²) in [4.78, 5) is 14.5. The maximum atomic E-state index is 12.5. The second-order valence-corrected chi connectivity index (χ2v) is 6.54. The normalized spacial score (nSPS) is 58.9. The van der Waals surface area contributed by atoms with E-state index in [0.29, 0.717) is 11.8 Å². The number of carbonyl (C=O) groups is 1. The third-order valence-corrected chi connectivity index (χ3v) is 5.56. The molecule has 2 heterocycles. The summed E-state index contributed by atoms with van der Waals surface area (Å²) in [5.41, 5.74) is -0.461. The number of aliphatic hydroxyl groups is 1. The highest BCUT2D eigenvalue weighted by Gasteiger charge is 2.77. The summed E-state index contributed by atoms with van der Waals surface area (Å²) in [6.07, 6.45) is 0.538. The Morgan fingerprint density at radius 3 is 2.82 bits per heavy atom. The van der Waals surface area contributed by atoms with Crippen LogP contribution in [-0.2, 0) is 9.53 Å². The van der Waals surface area contributed by atoms with E-state index in [9.17, 15) is 9.90 Å². The highest BCUT2D eigenvalue weighted by molar-refractivity contribution is 5.84. The fourth-order valence-electron chi connectivity index (χ4n) is 5.27. The molecule has 4 fully saturated rings. The first-order chi connectivity index (χ1) is 7.97. The second kappa shape index (κ2) is 2.69.